The van der Waals surface area contributed by atoms with Crippen LogP contribution in [0.1, 0.15) is 19.8 Å². The van der Waals surface area contributed by atoms with Crippen LogP contribution in [0.4, 0.5) is 11.4 Å². The average Bonchev–Trinajstić information content (AvgIpc) is 3.01. The van der Waals surface area contributed by atoms with Crippen molar-refractivity contribution in [2.24, 2.45) is 0 Å². The highest BCUT2D eigenvalue weighted by molar-refractivity contribution is 7.80. The van der Waals surface area contributed by atoms with Crippen LogP contribution < -0.4 is 15.4 Å². The highest BCUT2D eigenvalue weighted by Gasteiger charge is 2.23. The molecule has 2 rings (SSSR count). The summed E-state index contributed by atoms with van der Waals surface area (Å²) in [4.78, 5) is 10.3. The lowest BCUT2D eigenvalue weighted by atomic mass is 10.1. The molecule has 0 aliphatic carbocycles. The average molecular weight is 325 g/mol. The highest BCUT2D eigenvalue weighted by atomic mass is 32.1. The molecule has 0 unspecified atom stereocenters. The molecule has 1 fully saturated rings. The number of ether oxygens (including phenoxy) is 2. The van der Waals surface area contributed by atoms with Gasteiger partial charge in [-0.25, -0.2) is 0 Å². The third-order valence-electron chi connectivity index (χ3n) is 3.53. The maximum absolute atomic E-state index is 10.8. The number of methoxy groups -OCH3 is 1. The molecule has 22 heavy (non-hydrogen) atoms. The second-order valence-electron chi connectivity index (χ2n) is 5.08. The van der Waals surface area contributed by atoms with E-state index in [0.717, 1.165) is 19.4 Å². The lowest BCUT2D eigenvalue weighted by Gasteiger charge is -2.22. The van der Waals surface area contributed by atoms with E-state index in [4.69, 9.17) is 21.7 Å². The Labute approximate surface area is 134 Å². The van der Waals surface area contributed by atoms with Crippen molar-refractivity contribution >= 4 is 28.7 Å². The molecule has 0 saturated carbocycles. The van der Waals surface area contributed by atoms with Crippen LogP contribution in [0, 0.1) is 10.1 Å². The van der Waals surface area contributed by atoms with Gasteiger partial charge in [-0.15, -0.1) is 0 Å². The maximum Gasteiger partial charge on any atom is 0.273 e. The minimum Gasteiger partial charge on any atom is -0.494 e. The molecule has 0 aromatic heterocycles. The Morgan fingerprint density at radius 3 is 2.95 bits per heavy atom. The van der Waals surface area contributed by atoms with Gasteiger partial charge in [-0.1, -0.05) is 0 Å². The predicted octanol–water partition coefficient (Wildman–Crippen LogP) is 2.46. The minimum atomic E-state index is -0.470. The smallest absolute Gasteiger partial charge is 0.273 e. The zero-order valence-corrected chi connectivity index (χ0v) is 13.3. The fourth-order valence-electron chi connectivity index (χ4n) is 2.35. The van der Waals surface area contributed by atoms with Crippen LogP contribution >= 0.6 is 12.2 Å². The minimum absolute atomic E-state index is 0.0333. The lowest BCUT2D eigenvalue weighted by molar-refractivity contribution is -0.384. The summed E-state index contributed by atoms with van der Waals surface area (Å²) in [7, 11) is 1.45. The Hall–Kier alpha value is -1.93. The van der Waals surface area contributed by atoms with Gasteiger partial charge in [-0.2, -0.15) is 0 Å². The summed E-state index contributed by atoms with van der Waals surface area (Å²) in [6, 6.07) is 4.42. The van der Waals surface area contributed by atoms with Gasteiger partial charge in [0.1, 0.15) is 5.75 Å². The van der Waals surface area contributed by atoms with Crippen molar-refractivity contribution in [2.45, 2.75) is 31.9 Å². The Bertz CT molecular complexity index is 561. The van der Waals surface area contributed by atoms with Gasteiger partial charge in [0.25, 0.3) is 5.69 Å². The van der Waals surface area contributed by atoms with E-state index in [-0.39, 0.29) is 17.8 Å². The molecule has 1 aromatic carbocycles. The van der Waals surface area contributed by atoms with E-state index in [0.29, 0.717) is 16.5 Å². The van der Waals surface area contributed by atoms with Crippen molar-refractivity contribution in [3.63, 3.8) is 0 Å². The van der Waals surface area contributed by atoms with E-state index in [1.165, 1.54) is 19.2 Å². The van der Waals surface area contributed by atoms with Crippen molar-refractivity contribution in [3.05, 3.63) is 28.3 Å². The molecule has 1 aliphatic heterocycles. The first-order valence-corrected chi connectivity index (χ1v) is 7.43. The first-order valence-electron chi connectivity index (χ1n) is 7.03. The second kappa shape index (κ2) is 7.37. The quantitative estimate of drug-likeness (QED) is 0.488. The fraction of sp³-hybridized carbons (Fsp3) is 0.500. The van der Waals surface area contributed by atoms with Gasteiger partial charge >= 0.3 is 0 Å². The van der Waals surface area contributed by atoms with Crippen molar-refractivity contribution in [2.75, 3.05) is 19.0 Å². The molecule has 0 radical (unpaired) electrons. The molecule has 1 aliphatic rings. The predicted molar refractivity (Wildman–Crippen MR) is 87.4 cm³/mol. The van der Waals surface area contributed by atoms with E-state index in [1.807, 2.05) is 6.92 Å². The molecular formula is C14H19N3O4S. The van der Waals surface area contributed by atoms with Gasteiger partial charge in [0, 0.05) is 12.7 Å². The number of rotatable bonds is 5. The van der Waals surface area contributed by atoms with E-state index < -0.39 is 4.92 Å². The van der Waals surface area contributed by atoms with Crippen LogP contribution in [-0.2, 0) is 4.74 Å². The summed E-state index contributed by atoms with van der Waals surface area (Å²) in [5.41, 5.74) is 0.541. The number of benzene rings is 1. The summed E-state index contributed by atoms with van der Waals surface area (Å²) in [5, 5.41) is 17.4. The number of hydrogen-bond acceptors (Lipinski definition) is 5. The summed E-state index contributed by atoms with van der Waals surface area (Å²) in [6.07, 6.45) is 2.23. The van der Waals surface area contributed by atoms with Crippen molar-refractivity contribution < 1.29 is 14.4 Å². The number of nitrogens with one attached hydrogen (secondary N) is 2. The Morgan fingerprint density at radius 1 is 1.59 bits per heavy atom. The zero-order chi connectivity index (χ0) is 16.1. The monoisotopic (exact) mass is 325 g/mol. The molecule has 7 nitrogen and oxygen atoms in total. The molecule has 0 spiro atoms. The van der Waals surface area contributed by atoms with Crippen LogP contribution in [0.25, 0.3) is 0 Å². The Kier molecular flexibility index (Phi) is 5.51. The first-order chi connectivity index (χ1) is 10.5. The molecule has 120 valence electrons. The Morgan fingerprint density at radius 2 is 2.36 bits per heavy atom. The summed E-state index contributed by atoms with van der Waals surface area (Å²) >= 11 is 5.27. The van der Waals surface area contributed by atoms with E-state index in [1.54, 1.807) is 6.07 Å². The van der Waals surface area contributed by atoms with Gasteiger partial charge in [-0.3, -0.25) is 10.1 Å². The van der Waals surface area contributed by atoms with Crippen LogP contribution in [0.2, 0.25) is 0 Å². The number of nitrogens with zero attached hydrogens (tertiary/aromatic N) is 1. The van der Waals surface area contributed by atoms with Crippen LogP contribution in [-0.4, -0.2) is 35.9 Å². The normalized spacial score (nSPS) is 18.5. The molecule has 2 atom stereocenters. The summed E-state index contributed by atoms with van der Waals surface area (Å²) < 4.78 is 10.8. The van der Waals surface area contributed by atoms with Crippen LogP contribution in [0.15, 0.2) is 18.2 Å². The molecular weight excluding hydrogens is 306 g/mol. The van der Waals surface area contributed by atoms with Crippen LogP contribution in [0.3, 0.4) is 0 Å². The molecule has 1 aromatic rings. The number of thiocarbonyl (C=S) groups is 1. The Balaban J connectivity index is 1.99. The number of nitro groups is 1. The fourth-order valence-corrected chi connectivity index (χ4v) is 2.65. The van der Waals surface area contributed by atoms with Crippen LogP contribution in [0.5, 0.6) is 5.75 Å². The molecule has 1 saturated heterocycles. The molecule has 0 bridgehead atoms. The van der Waals surface area contributed by atoms with Crippen molar-refractivity contribution in [1.29, 1.82) is 0 Å². The van der Waals surface area contributed by atoms with Gasteiger partial charge < -0.3 is 20.1 Å². The summed E-state index contributed by atoms with van der Waals surface area (Å²) in [6.45, 7) is 2.80. The highest BCUT2D eigenvalue weighted by Crippen LogP contribution is 2.29. The number of anilines is 1. The topological polar surface area (TPSA) is 85.7 Å². The first kappa shape index (κ1) is 16.4. The maximum atomic E-state index is 10.8. The lowest BCUT2D eigenvalue weighted by Crippen LogP contribution is -2.42. The second-order valence-corrected chi connectivity index (χ2v) is 5.49. The number of non-ortho nitro benzene ring substituents is 1. The summed E-state index contributed by atoms with van der Waals surface area (Å²) in [5.74, 6) is 0.364. The zero-order valence-electron chi connectivity index (χ0n) is 12.5. The largest absolute Gasteiger partial charge is 0.494 e. The number of nitro benzene ring substituents is 1. The van der Waals surface area contributed by atoms with E-state index >= 15 is 0 Å². The van der Waals surface area contributed by atoms with Gasteiger partial charge in [0.15, 0.2) is 5.11 Å². The van der Waals surface area contributed by atoms with E-state index in [2.05, 4.69) is 10.6 Å². The molecule has 2 N–H and O–H groups in total. The SMILES string of the molecule is COc1cc([N+](=O)[O-])ccc1NC(=S)N[C@@H](C)[C@@H]1CCCO1. The third-order valence-corrected chi connectivity index (χ3v) is 3.75. The van der Waals surface area contributed by atoms with Crippen molar-refractivity contribution in [3.8, 4) is 5.75 Å². The van der Waals surface area contributed by atoms with Crippen molar-refractivity contribution in [1.82, 2.24) is 5.32 Å². The third kappa shape index (κ3) is 4.05. The molecule has 1 heterocycles. The number of hydrogen-bond donors (Lipinski definition) is 2. The molecule has 0 amide bonds. The van der Waals surface area contributed by atoms with E-state index in [9.17, 15) is 10.1 Å². The molecule has 8 heteroatoms. The van der Waals surface area contributed by atoms with Gasteiger partial charge in [0.05, 0.1) is 35.9 Å². The van der Waals surface area contributed by atoms with Gasteiger partial charge in [-0.05, 0) is 38.0 Å². The standard InChI is InChI=1S/C14H19N3O4S/c1-9(12-4-3-7-21-12)15-14(22)16-11-6-5-10(17(18)19)8-13(11)20-2/h5-6,8-9,12H,3-4,7H2,1-2H3,(H2,15,16,22)/t9-,12-/m0/s1. The van der Waals surface area contributed by atoms with Gasteiger partial charge in [0.2, 0.25) is 0 Å².